The van der Waals surface area contributed by atoms with Gasteiger partial charge in [0.05, 0.1) is 17.7 Å². The zero-order chi connectivity index (χ0) is 13.8. The molecule has 0 bridgehead atoms. The van der Waals surface area contributed by atoms with E-state index in [0.29, 0.717) is 11.6 Å². The fourth-order valence-corrected chi connectivity index (χ4v) is 2.85. The van der Waals surface area contributed by atoms with Crippen molar-refractivity contribution < 1.29 is 5.11 Å². The van der Waals surface area contributed by atoms with Crippen LogP contribution < -0.4 is 4.90 Å². The van der Waals surface area contributed by atoms with Gasteiger partial charge >= 0.3 is 0 Å². The Bertz CT molecular complexity index is 476. The van der Waals surface area contributed by atoms with Gasteiger partial charge in [-0.3, -0.25) is 0 Å². The van der Waals surface area contributed by atoms with E-state index in [4.69, 9.17) is 5.26 Å². The maximum absolute atomic E-state index is 9.95. The van der Waals surface area contributed by atoms with Crippen LogP contribution >= 0.6 is 0 Å². The first kappa shape index (κ1) is 13.9. The van der Waals surface area contributed by atoms with Gasteiger partial charge in [0.1, 0.15) is 0 Å². The van der Waals surface area contributed by atoms with Crippen LogP contribution in [0.25, 0.3) is 0 Å². The van der Waals surface area contributed by atoms with Crippen molar-refractivity contribution in [2.24, 2.45) is 0 Å². The summed E-state index contributed by atoms with van der Waals surface area (Å²) in [6, 6.07) is 8.25. The van der Waals surface area contributed by atoms with Crippen LogP contribution in [0.15, 0.2) is 18.2 Å². The lowest BCUT2D eigenvalue weighted by atomic mass is 10.0. The molecule has 1 unspecified atom stereocenters. The van der Waals surface area contributed by atoms with Crippen LogP contribution in [0.4, 0.5) is 5.69 Å². The summed E-state index contributed by atoms with van der Waals surface area (Å²) in [6.45, 7) is 5.03. The van der Waals surface area contributed by atoms with E-state index in [1.165, 1.54) is 25.7 Å². The maximum Gasteiger partial charge on any atom is 0.0992 e. The Hall–Kier alpha value is -1.53. The average molecular weight is 258 g/mol. The molecule has 1 saturated heterocycles. The molecule has 1 aromatic rings. The van der Waals surface area contributed by atoms with Crippen LogP contribution in [0.3, 0.4) is 0 Å². The molecular formula is C16H22N2O. The summed E-state index contributed by atoms with van der Waals surface area (Å²) in [5.41, 5.74) is 2.62. The monoisotopic (exact) mass is 258 g/mol. The summed E-state index contributed by atoms with van der Waals surface area (Å²) < 4.78 is 0. The van der Waals surface area contributed by atoms with Crippen molar-refractivity contribution in [3.63, 3.8) is 0 Å². The van der Waals surface area contributed by atoms with Crippen molar-refractivity contribution in [2.75, 3.05) is 11.4 Å². The normalized spacial score (nSPS) is 21.6. The molecule has 0 aromatic heterocycles. The fraction of sp³-hybridized carbons (Fsp3) is 0.562. The molecule has 0 spiro atoms. The highest BCUT2D eigenvalue weighted by Crippen LogP contribution is 2.31. The fourth-order valence-electron chi connectivity index (χ4n) is 2.85. The number of anilines is 1. The first-order valence-corrected chi connectivity index (χ1v) is 7.12. The van der Waals surface area contributed by atoms with Gasteiger partial charge in [0, 0.05) is 23.8 Å². The second-order valence-corrected chi connectivity index (χ2v) is 5.45. The summed E-state index contributed by atoms with van der Waals surface area (Å²) in [5.74, 6) is 0. The summed E-state index contributed by atoms with van der Waals surface area (Å²) in [4.78, 5) is 2.36. The van der Waals surface area contributed by atoms with Gasteiger partial charge in [0.15, 0.2) is 0 Å². The molecule has 1 heterocycles. The quantitative estimate of drug-likeness (QED) is 0.884. The highest BCUT2D eigenvalue weighted by Gasteiger charge is 2.21. The molecule has 0 saturated carbocycles. The van der Waals surface area contributed by atoms with Gasteiger partial charge in [-0.1, -0.05) is 18.9 Å². The number of hydrogen-bond acceptors (Lipinski definition) is 3. The lowest BCUT2D eigenvalue weighted by Crippen LogP contribution is -2.33. The molecule has 102 valence electrons. The predicted molar refractivity (Wildman–Crippen MR) is 77.1 cm³/mol. The summed E-state index contributed by atoms with van der Waals surface area (Å²) in [5, 5.41) is 19.0. The zero-order valence-electron chi connectivity index (χ0n) is 11.8. The van der Waals surface area contributed by atoms with Crippen molar-refractivity contribution in [2.45, 2.75) is 51.7 Å². The molecular weight excluding hydrogens is 236 g/mol. The lowest BCUT2D eigenvalue weighted by molar-refractivity contribution is 0.199. The van der Waals surface area contributed by atoms with Crippen molar-refractivity contribution in [3.8, 4) is 6.07 Å². The van der Waals surface area contributed by atoms with Crippen LogP contribution in [-0.2, 0) is 0 Å². The van der Waals surface area contributed by atoms with Crippen molar-refractivity contribution in [3.05, 3.63) is 29.3 Å². The number of hydrogen-bond donors (Lipinski definition) is 1. The van der Waals surface area contributed by atoms with Gasteiger partial charge in [-0.15, -0.1) is 0 Å². The third-order valence-corrected chi connectivity index (χ3v) is 3.97. The molecule has 0 radical (unpaired) electrons. The van der Waals surface area contributed by atoms with E-state index in [1.54, 1.807) is 13.0 Å². The Kier molecular flexibility index (Phi) is 4.44. The number of aliphatic hydroxyl groups excluding tert-OH is 1. The third-order valence-electron chi connectivity index (χ3n) is 3.97. The van der Waals surface area contributed by atoms with Crippen molar-refractivity contribution in [1.82, 2.24) is 0 Å². The molecule has 2 atom stereocenters. The minimum atomic E-state index is -0.502. The van der Waals surface area contributed by atoms with E-state index in [1.807, 2.05) is 12.1 Å². The Morgan fingerprint density at radius 2 is 2.16 bits per heavy atom. The van der Waals surface area contributed by atoms with Gasteiger partial charge in [-0.2, -0.15) is 5.26 Å². The molecule has 0 amide bonds. The smallest absolute Gasteiger partial charge is 0.0992 e. The highest BCUT2D eigenvalue weighted by atomic mass is 16.3. The molecule has 1 aliphatic heterocycles. The molecule has 0 aliphatic carbocycles. The minimum Gasteiger partial charge on any atom is -0.389 e. The Balaban J connectivity index is 2.42. The van der Waals surface area contributed by atoms with E-state index >= 15 is 0 Å². The molecule has 1 aliphatic rings. The largest absolute Gasteiger partial charge is 0.389 e. The summed E-state index contributed by atoms with van der Waals surface area (Å²) in [7, 11) is 0. The summed E-state index contributed by atoms with van der Waals surface area (Å²) in [6.07, 6.45) is 4.39. The van der Waals surface area contributed by atoms with Crippen LogP contribution in [0.2, 0.25) is 0 Å². The highest BCUT2D eigenvalue weighted by molar-refractivity contribution is 5.59. The maximum atomic E-state index is 9.95. The number of aliphatic hydroxyl groups is 1. The van der Waals surface area contributed by atoms with Gasteiger partial charge in [0.25, 0.3) is 0 Å². The molecule has 1 N–H and O–H groups in total. The molecule has 3 heteroatoms. The average Bonchev–Trinajstić information content (AvgIpc) is 2.62. The standard InChI is InChI=1S/C16H22N2O/c1-12-6-4-3-5-9-18(12)16-10-14(11-17)7-8-15(16)13(2)19/h7-8,10,12-13,19H,3-6,9H2,1-2H3/t12?,13-/m0/s1. The number of rotatable bonds is 2. The summed E-state index contributed by atoms with van der Waals surface area (Å²) >= 11 is 0. The van der Waals surface area contributed by atoms with Crippen LogP contribution in [0.5, 0.6) is 0 Å². The number of benzene rings is 1. The first-order chi connectivity index (χ1) is 9.13. The Morgan fingerprint density at radius 1 is 1.37 bits per heavy atom. The van der Waals surface area contributed by atoms with Gasteiger partial charge in [0.2, 0.25) is 0 Å². The molecule has 3 nitrogen and oxygen atoms in total. The molecule has 1 aromatic carbocycles. The number of nitriles is 1. The van der Waals surface area contributed by atoms with Crippen LogP contribution in [0, 0.1) is 11.3 Å². The first-order valence-electron chi connectivity index (χ1n) is 7.12. The molecule has 2 rings (SSSR count). The van der Waals surface area contributed by atoms with Crippen molar-refractivity contribution >= 4 is 5.69 Å². The van der Waals surface area contributed by atoms with Crippen LogP contribution in [-0.4, -0.2) is 17.7 Å². The van der Waals surface area contributed by atoms with Crippen LogP contribution in [0.1, 0.15) is 56.8 Å². The van der Waals surface area contributed by atoms with Gasteiger partial charge in [-0.05, 0) is 38.8 Å². The Labute approximate surface area is 115 Å². The SMILES string of the molecule is CC1CCCCCN1c1cc(C#N)ccc1[C@H](C)O. The van der Waals surface area contributed by atoms with E-state index in [9.17, 15) is 5.11 Å². The van der Waals surface area contributed by atoms with Gasteiger partial charge in [-0.25, -0.2) is 0 Å². The predicted octanol–water partition coefficient (Wildman–Crippen LogP) is 3.38. The number of nitrogens with zero attached hydrogens (tertiary/aromatic N) is 2. The van der Waals surface area contributed by atoms with E-state index in [0.717, 1.165) is 17.8 Å². The Morgan fingerprint density at radius 3 is 2.84 bits per heavy atom. The third kappa shape index (κ3) is 3.08. The molecule has 1 fully saturated rings. The van der Waals surface area contributed by atoms with Crippen molar-refractivity contribution in [1.29, 1.82) is 5.26 Å². The van der Waals surface area contributed by atoms with E-state index in [2.05, 4.69) is 17.9 Å². The van der Waals surface area contributed by atoms with E-state index < -0.39 is 6.10 Å². The minimum absolute atomic E-state index is 0.467. The zero-order valence-corrected chi connectivity index (χ0v) is 11.8. The lowest BCUT2D eigenvalue weighted by Gasteiger charge is -2.32. The molecule has 19 heavy (non-hydrogen) atoms. The second-order valence-electron chi connectivity index (χ2n) is 5.45. The van der Waals surface area contributed by atoms with E-state index in [-0.39, 0.29) is 0 Å². The topological polar surface area (TPSA) is 47.3 Å². The van der Waals surface area contributed by atoms with Gasteiger partial charge < -0.3 is 10.0 Å². The second kappa shape index (κ2) is 6.08.